The van der Waals surface area contributed by atoms with Crippen molar-refractivity contribution >= 4 is 0 Å². The summed E-state index contributed by atoms with van der Waals surface area (Å²) in [4.78, 5) is 0. The molecule has 0 aliphatic heterocycles. The topological polar surface area (TPSA) is 0 Å². The van der Waals surface area contributed by atoms with Gasteiger partial charge in [-0.25, -0.2) is 0 Å². The maximum atomic E-state index is 2.34. The van der Waals surface area contributed by atoms with Gasteiger partial charge in [-0.3, -0.25) is 0 Å². The Morgan fingerprint density at radius 1 is 0.714 bits per heavy atom. The van der Waals surface area contributed by atoms with Gasteiger partial charge in [0.05, 0.1) is 0 Å². The number of benzene rings is 2. The van der Waals surface area contributed by atoms with Crippen LogP contribution in [0.1, 0.15) is 36.8 Å². The monoisotopic (exact) mass is 273 g/mol. The molecular weight excluding hydrogens is 252 g/mol. The molecule has 0 heterocycles. The lowest BCUT2D eigenvalue weighted by atomic mass is 9.71. The van der Waals surface area contributed by atoms with Crippen LogP contribution in [0.25, 0.3) is 0 Å². The molecule has 2 aromatic carbocycles. The van der Waals surface area contributed by atoms with Gasteiger partial charge in [-0.15, -0.1) is 0 Å². The summed E-state index contributed by atoms with van der Waals surface area (Å²) < 4.78 is 0. The molecule has 2 aromatic rings. The molecule has 1 aliphatic carbocycles. The van der Waals surface area contributed by atoms with Gasteiger partial charge in [-0.1, -0.05) is 74.5 Å². The molecule has 0 amide bonds. The van der Waals surface area contributed by atoms with Crippen molar-refractivity contribution < 1.29 is 0 Å². The highest BCUT2D eigenvalue weighted by Gasteiger charge is 2.35. The van der Waals surface area contributed by atoms with E-state index in [-0.39, 0.29) is 0 Å². The van der Waals surface area contributed by atoms with Crippen LogP contribution in [0.3, 0.4) is 0 Å². The van der Waals surface area contributed by atoms with Gasteiger partial charge in [-0.05, 0) is 54.1 Å². The van der Waals surface area contributed by atoms with Crippen molar-refractivity contribution in [1.29, 1.82) is 0 Å². The molecule has 0 saturated heterocycles. The summed E-state index contributed by atoms with van der Waals surface area (Å²) in [6, 6.07) is 21.7. The smallest absolute Gasteiger partial charge is 0.00251 e. The summed E-state index contributed by atoms with van der Waals surface area (Å²) in [6.07, 6.45) is 6.78. The van der Waals surface area contributed by atoms with Crippen molar-refractivity contribution in [2.24, 2.45) is 0 Å². The van der Waals surface area contributed by atoms with Crippen LogP contribution in [0.2, 0.25) is 0 Å². The fourth-order valence-corrected chi connectivity index (χ4v) is 3.17. The summed E-state index contributed by atoms with van der Waals surface area (Å²) in [5.74, 6) is 3.63. The van der Waals surface area contributed by atoms with Crippen molar-refractivity contribution in [2.45, 2.75) is 25.7 Å². The standard InChI is InChI=1S/C21H21/c1-16-10-9-15-20(18-11-5-3-6-12-18)21(17(16)2)19-13-7-4-8-14-19/h3-15,20-21H,1-2H3/t20-,21+/m1/s1. The van der Waals surface area contributed by atoms with Crippen molar-refractivity contribution in [3.63, 3.8) is 0 Å². The second kappa shape index (κ2) is 6.47. The lowest BCUT2D eigenvalue weighted by Crippen LogP contribution is -2.18. The summed E-state index contributed by atoms with van der Waals surface area (Å²) in [7, 11) is 0. The normalized spacial score (nSPS) is 24.7. The van der Waals surface area contributed by atoms with E-state index in [0.717, 1.165) is 0 Å². The lowest BCUT2D eigenvalue weighted by Gasteiger charge is -2.32. The summed E-state index contributed by atoms with van der Waals surface area (Å²) in [6.45, 7) is 4.48. The Hall–Kier alpha value is -1.56. The first-order valence-corrected chi connectivity index (χ1v) is 7.56. The summed E-state index contributed by atoms with van der Waals surface area (Å²) in [5.41, 5.74) is 2.77. The van der Waals surface area contributed by atoms with E-state index >= 15 is 0 Å². The van der Waals surface area contributed by atoms with Crippen molar-refractivity contribution in [3.8, 4) is 0 Å². The first-order valence-electron chi connectivity index (χ1n) is 7.56. The third-order valence-corrected chi connectivity index (χ3v) is 4.46. The van der Waals surface area contributed by atoms with E-state index in [2.05, 4.69) is 93.8 Å². The van der Waals surface area contributed by atoms with Gasteiger partial charge < -0.3 is 0 Å². The molecule has 1 saturated carbocycles. The SMILES string of the molecule is C[C]1[CH][CH][CH][C@H](c2ccccc2)[C@H](c2ccccc2)[C]1C. The van der Waals surface area contributed by atoms with Gasteiger partial charge in [-0.2, -0.15) is 0 Å². The van der Waals surface area contributed by atoms with Crippen LogP contribution >= 0.6 is 0 Å². The van der Waals surface area contributed by atoms with E-state index in [0.29, 0.717) is 11.8 Å². The second-order valence-electron chi connectivity index (χ2n) is 5.74. The first-order chi connectivity index (χ1) is 10.3. The quantitative estimate of drug-likeness (QED) is 0.645. The van der Waals surface area contributed by atoms with Crippen LogP contribution in [0.5, 0.6) is 0 Å². The molecule has 0 spiro atoms. The Morgan fingerprint density at radius 3 is 1.90 bits per heavy atom. The Kier molecular flexibility index (Phi) is 4.43. The highest BCUT2D eigenvalue weighted by Crippen LogP contribution is 2.48. The minimum atomic E-state index is 0.391. The zero-order valence-corrected chi connectivity index (χ0v) is 12.7. The van der Waals surface area contributed by atoms with Crippen LogP contribution in [-0.4, -0.2) is 0 Å². The van der Waals surface area contributed by atoms with E-state index in [9.17, 15) is 0 Å². The molecule has 1 fully saturated rings. The van der Waals surface area contributed by atoms with Crippen LogP contribution in [0, 0.1) is 31.1 Å². The molecule has 0 bridgehead atoms. The Bertz CT molecular complexity index is 543. The van der Waals surface area contributed by atoms with Gasteiger partial charge >= 0.3 is 0 Å². The third kappa shape index (κ3) is 3.05. The fraction of sp³-hybridized carbons (Fsp3) is 0.190. The number of hydrogen-bond acceptors (Lipinski definition) is 0. The molecule has 5 radical (unpaired) electrons. The number of hydrogen-bond donors (Lipinski definition) is 0. The number of rotatable bonds is 2. The minimum absolute atomic E-state index is 0.391. The zero-order valence-electron chi connectivity index (χ0n) is 12.7. The predicted molar refractivity (Wildman–Crippen MR) is 89.1 cm³/mol. The third-order valence-electron chi connectivity index (χ3n) is 4.46. The molecule has 1 aliphatic rings. The minimum Gasteiger partial charge on any atom is -0.0622 e. The van der Waals surface area contributed by atoms with Gasteiger partial charge in [0.15, 0.2) is 0 Å². The highest BCUT2D eigenvalue weighted by atomic mass is 14.4. The molecule has 0 N–H and O–H groups in total. The molecular formula is C21H21. The second-order valence-corrected chi connectivity index (χ2v) is 5.74. The van der Waals surface area contributed by atoms with E-state index in [1.54, 1.807) is 0 Å². The van der Waals surface area contributed by atoms with Gasteiger partial charge in [0.2, 0.25) is 0 Å². The molecule has 105 valence electrons. The van der Waals surface area contributed by atoms with E-state index < -0.39 is 0 Å². The van der Waals surface area contributed by atoms with Crippen molar-refractivity contribution in [2.75, 3.05) is 0 Å². The lowest BCUT2D eigenvalue weighted by molar-refractivity contribution is 0.616. The summed E-state index contributed by atoms with van der Waals surface area (Å²) >= 11 is 0. The van der Waals surface area contributed by atoms with Gasteiger partial charge in [0.25, 0.3) is 0 Å². The molecule has 0 aromatic heterocycles. The average Bonchev–Trinajstić information content (AvgIpc) is 2.69. The molecule has 0 nitrogen and oxygen atoms in total. The highest BCUT2D eigenvalue weighted by molar-refractivity contribution is 5.45. The zero-order chi connectivity index (χ0) is 14.7. The van der Waals surface area contributed by atoms with Gasteiger partial charge in [0.1, 0.15) is 0 Å². The molecule has 3 rings (SSSR count). The van der Waals surface area contributed by atoms with Gasteiger partial charge in [0, 0.05) is 0 Å². The first kappa shape index (κ1) is 14.4. The van der Waals surface area contributed by atoms with Crippen molar-refractivity contribution in [3.05, 3.63) is 103 Å². The molecule has 2 atom stereocenters. The largest absolute Gasteiger partial charge is 0.0622 e. The fourth-order valence-electron chi connectivity index (χ4n) is 3.17. The van der Waals surface area contributed by atoms with E-state index in [1.165, 1.54) is 23.0 Å². The molecule has 0 unspecified atom stereocenters. The maximum Gasteiger partial charge on any atom is -0.00251 e. The molecule has 0 heteroatoms. The summed E-state index contributed by atoms with van der Waals surface area (Å²) in [5, 5.41) is 0. The Labute approximate surface area is 129 Å². The van der Waals surface area contributed by atoms with Crippen LogP contribution < -0.4 is 0 Å². The van der Waals surface area contributed by atoms with E-state index in [4.69, 9.17) is 0 Å². The van der Waals surface area contributed by atoms with Crippen LogP contribution in [0.4, 0.5) is 0 Å². The Balaban J connectivity index is 2.02. The van der Waals surface area contributed by atoms with Crippen LogP contribution in [-0.2, 0) is 0 Å². The van der Waals surface area contributed by atoms with Crippen molar-refractivity contribution in [1.82, 2.24) is 0 Å². The predicted octanol–water partition coefficient (Wildman–Crippen LogP) is 5.37. The average molecular weight is 273 g/mol. The van der Waals surface area contributed by atoms with Crippen LogP contribution in [0.15, 0.2) is 60.7 Å². The van der Waals surface area contributed by atoms with E-state index in [1.807, 2.05) is 0 Å². The Morgan fingerprint density at radius 2 is 1.29 bits per heavy atom. The maximum absolute atomic E-state index is 2.34. The molecule has 21 heavy (non-hydrogen) atoms.